The number of rotatable bonds is 3. The number of benzene rings is 1. The second-order valence-electron chi connectivity index (χ2n) is 4.36. The van der Waals surface area contributed by atoms with Crippen molar-refractivity contribution in [2.45, 2.75) is 0 Å². The first-order chi connectivity index (χ1) is 10.6. The summed E-state index contributed by atoms with van der Waals surface area (Å²) in [7, 11) is 1.60. The molecule has 3 rings (SSSR count). The zero-order valence-electron chi connectivity index (χ0n) is 11.4. The summed E-state index contributed by atoms with van der Waals surface area (Å²) in [6.45, 7) is 0. The van der Waals surface area contributed by atoms with Crippen molar-refractivity contribution in [3.63, 3.8) is 0 Å². The van der Waals surface area contributed by atoms with E-state index >= 15 is 0 Å². The van der Waals surface area contributed by atoms with E-state index in [9.17, 15) is 4.79 Å². The summed E-state index contributed by atoms with van der Waals surface area (Å²) < 4.78 is 11.6. The predicted octanol–water partition coefficient (Wildman–Crippen LogP) is 4.46. The molecule has 7 heteroatoms. The average molecular weight is 396 g/mol. The largest absolute Gasteiger partial charge is 0.497 e. The van der Waals surface area contributed by atoms with Gasteiger partial charge in [-0.05, 0) is 52.3 Å². The Morgan fingerprint density at radius 1 is 1.27 bits per heavy atom. The van der Waals surface area contributed by atoms with Gasteiger partial charge in [-0.25, -0.2) is 0 Å². The molecule has 1 aliphatic heterocycles. The van der Waals surface area contributed by atoms with Gasteiger partial charge in [0.25, 0.3) is 5.91 Å². The first-order valence-electron chi connectivity index (χ1n) is 6.26. The Kier molecular flexibility index (Phi) is 4.37. The number of nitrogens with zero attached hydrogens (tertiary/aromatic N) is 1. The molecule has 1 aliphatic rings. The van der Waals surface area contributed by atoms with Gasteiger partial charge in [0.1, 0.15) is 11.5 Å². The number of hydrogen-bond acceptors (Lipinski definition) is 5. The molecule has 1 aromatic heterocycles. The second-order valence-corrected chi connectivity index (χ2v) is 6.81. The molecular weight excluding hydrogens is 386 g/mol. The quantitative estimate of drug-likeness (QED) is 0.566. The van der Waals surface area contributed by atoms with E-state index in [-0.39, 0.29) is 5.91 Å². The fourth-order valence-corrected chi connectivity index (χ4v) is 3.55. The number of methoxy groups -OCH3 is 1. The molecule has 0 aliphatic carbocycles. The first kappa shape index (κ1) is 15.3. The third kappa shape index (κ3) is 2.97. The maximum absolute atomic E-state index is 12.5. The van der Waals surface area contributed by atoms with E-state index in [2.05, 4.69) is 15.9 Å². The summed E-state index contributed by atoms with van der Waals surface area (Å²) in [6.07, 6.45) is 1.69. The van der Waals surface area contributed by atoms with Gasteiger partial charge in [-0.2, -0.15) is 0 Å². The van der Waals surface area contributed by atoms with Crippen LogP contribution in [0.25, 0.3) is 6.08 Å². The van der Waals surface area contributed by atoms with Crippen molar-refractivity contribution in [1.82, 2.24) is 0 Å². The molecule has 22 heavy (non-hydrogen) atoms. The summed E-state index contributed by atoms with van der Waals surface area (Å²) in [5.74, 6) is 1.17. The Bertz CT molecular complexity index is 767. The normalized spacial score (nSPS) is 16.6. The number of anilines is 1. The van der Waals surface area contributed by atoms with E-state index in [4.69, 9.17) is 21.4 Å². The summed E-state index contributed by atoms with van der Waals surface area (Å²) >= 11 is 9.80. The minimum Gasteiger partial charge on any atom is -0.497 e. The van der Waals surface area contributed by atoms with Gasteiger partial charge in [-0.1, -0.05) is 24.0 Å². The molecule has 112 valence electrons. The van der Waals surface area contributed by atoms with E-state index in [1.54, 1.807) is 49.6 Å². The molecule has 1 amide bonds. The van der Waals surface area contributed by atoms with Gasteiger partial charge >= 0.3 is 0 Å². The number of thioether (sulfide) groups is 1. The van der Waals surface area contributed by atoms with Crippen LogP contribution in [0.4, 0.5) is 5.69 Å². The predicted molar refractivity (Wildman–Crippen MR) is 95.1 cm³/mol. The Balaban J connectivity index is 1.89. The van der Waals surface area contributed by atoms with Crippen LogP contribution < -0.4 is 9.64 Å². The Hall–Kier alpha value is -1.57. The molecule has 1 aromatic carbocycles. The highest BCUT2D eigenvalue weighted by atomic mass is 79.9. The second kappa shape index (κ2) is 6.28. The third-order valence-corrected chi connectivity index (χ3v) is 4.72. The lowest BCUT2D eigenvalue weighted by Gasteiger charge is -2.14. The highest BCUT2D eigenvalue weighted by Gasteiger charge is 2.33. The molecular formula is C15H10BrNO3S2. The van der Waals surface area contributed by atoms with E-state index in [0.29, 0.717) is 25.3 Å². The van der Waals surface area contributed by atoms with Crippen molar-refractivity contribution in [3.05, 3.63) is 51.7 Å². The fraction of sp³-hybridized carbons (Fsp3) is 0.0667. The highest BCUT2D eigenvalue weighted by molar-refractivity contribution is 9.10. The first-order valence-corrected chi connectivity index (χ1v) is 8.27. The third-order valence-electron chi connectivity index (χ3n) is 2.99. The van der Waals surface area contributed by atoms with Gasteiger partial charge in [0.2, 0.25) is 0 Å². The van der Waals surface area contributed by atoms with Crippen LogP contribution in [0, 0.1) is 0 Å². The van der Waals surface area contributed by atoms with Gasteiger partial charge in [0.15, 0.2) is 8.99 Å². The topological polar surface area (TPSA) is 42.7 Å². The molecule has 1 saturated heterocycles. The minimum absolute atomic E-state index is 0.160. The number of carbonyl (C=O) groups excluding carboxylic acids is 1. The number of furan rings is 1. The van der Waals surface area contributed by atoms with Crippen LogP contribution in [0.3, 0.4) is 0 Å². The van der Waals surface area contributed by atoms with Crippen molar-refractivity contribution < 1.29 is 13.9 Å². The van der Waals surface area contributed by atoms with Crippen LogP contribution in [-0.2, 0) is 4.79 Å². The lowest BCUT2D eigenvalue weighted by atomic mass is 10.2. The molecule has 0 radical (unpaired) electrons. The molecule has 4 nitrogen and oxygen atoms in total. The monoisotopic (exact) mass is 395 g/mol. The van der Waals surface area contributed by atoms with E-state index in [1.807, 2.05) is 0 Å². The zero-order chi connectivity index (χ0) is 15.7. The van der Waals surface area contributed by atoms with E-state index < -0.39 is 0 Å². The molecule has 0 bridgehead atoms. The van der Waals surface area contributed by atoms with Crippen LogP contribution in [0.1, 0.15) is 5.76 Å². The number of hydrogen-bond donors (Lipinski definition) is 0. The minimum atomic E-state index is -0.160. The van der Waals surface area contributed by atoms with Crippen LogP contribution in [-0.4, -0.2) is 17.3 Å². The summed E-state index contributed by atoms with van der Waals surface area (Å²) in [5.41, 5.74) is 0.715. The van der Waals surface area contributed by atoms with Gasteiger partial charge in [0.05, 0.1) is 17.7 Å². The molecule has 0 saturated carbocycles. The van der Waals surface area contributed by atoms with Crippen molar-refractivity contribution in [2.75, 3.05) is 12.0 Å². The van der Waals surface area contributed by atoms with Crippen molar-refractivity contribution >= 4 is 61.9 Å². The molecule has 0 N–H and O–H groups in total. The molecule has 0 unspecified atom stereocenters. The van der Waals surface area contributed by atoms with Crippen molar-refractivity contribution in [3.8, 4) is 5.75 Å². The molecule has 1 fully saturated rings. The number of ether oxygens (including phenoxy) is 1. The van der Waals surface area contributed by atoms with Gasteiger partial charge in [0, 0.05) is 6.08 Å². The highest BCUT2D eigenvalue weighted by Crippen LogP contribution is 2.36. The van der Waals surface area contributed by atoms with Crippen molar-refractivity contribution in [2.24, 2.45) is 0 Å². The number of carbonyl (C=O) groups is 1. The van der Waals surface area contributed by atoms with Crippen LogP contribution in [0.5, 0.6) is 5.75 Å². The summed E-state index contributed by atoms with van der Waals surface area (Å²) in [4.78, 5) is 14.6. The standard InChI is InChI=1S/C15H10BrNO3S2/c1-19-10-4-2-9(3-5-10)17-14(18)12(22-15(17)21)8-11-6-7-13(16)20-11/h2-8H,1H3. The summed E-state index contributed by atoms with van der Waals surface area (Å²) in [5, 5.41) is 0. The number of amides is 1. The number of halogens is 1. The average Bonchev–Trinajstić information content (AvgIpc) is 3.03. The maximum Gasteiger partial charge on any atom is 0.270 e. The smallest absolute Gasteiger partial charge is 0.270 e. The van der Waals surface area contributed by atoms with Crippen LogP contribution >= 0.6 is 39.9 Å². The Morgan fingerprint density at radius 3 is 2.59 bits per heavy atom. The van der Waals surface area contributed by atoms with E-state index in [1.165, 1.54) is 16.7 Å². The Morgan fingerprint density at radius 2 is 2.00 bits per heavy atom. The summed E-state index contributed by atoms with van der Waals surface area (Å²) in [6, 6.07) is 10.7. The van der Waals surface area contributed by atoms with Crippen LogP contribution in [0.15, 0.2) is 50.4 Å². The van der Waals surface area contributed by atoms with Crippen LogP contribution in [0.2, 0.25) is 0 Å². The zero-order valence-corrected chi connectivity index (χ0v) is 14.6. The van der Waals surface area contributed by atoms with Gasteiger partial charge < -0.3 is 9.15 Å². The lowest BCUT2D eigenvalue weighted by Crippen LogP contribution is -2.27. The Labute approximate surface area is 145 Å². The lowest BCUT2D eigenvalue weighted by molar-refractivity contribution is -0.113. The molecule has 0 spiro atoms. The number of thiocarbonyl (C=S) groups is 1. The molecule has 0 atom stereocenters. The fourth-order valence-electron chi connectivity index (χ4n) is 1.96. The maximum atomic E-state index is 12.5. The van der Waals surface area contributed by atoms with E-state index in [0.717, 1.165) is 5.75 Å². The molecule has 2 aromatic rings. The van der Waals surface area contributed by atoms with Crippen molar-refractivity contribution in [1.29, 1.82) is 0 Å². The van der Waals surface area contributed by atoms with Gasteiger partial charge in [-0.15, -0.1) is 0 Å². The van der Waals surface area contributed by atoms with Gasteiger partial charge in [-0.3, -0.25) is 9.69 Å². The SMILES string of the molecule is COc1ccc(N2C(=O)C(=Cc3ccc(Br)o3)SC2=S)cc1. The molecule has 2 heterocycles.